The molecule has 1 aromatic rings. The zero-order chi connectivity index (χ0) is 13.2. The summed E-state index contributed by atoms with van der Waals surface area (Å²) in [5.41, 5.74) is 0.254. The van der Waals surface area contributed by atoms with Gasteiger partial charge in [0, 0.05) is 38.6 Å². The SMILES string of the molecule is CCn1ccnc(N2CCC(C)(CNC)C2)c1=O. The smallest absolute Gasteiger partial charge is 0.293 e. The normalized spacial score (nSPS) is 23.6. The molecule has 100 valence electrons. The lowest BCUT2D eigenvalue weighted by Gasteiger charge is -2.24. The summed E-state index contributed by atoms with van der Waals surface area (Å²) in [4.78, 5) is 18.6. The summed E-state index contributed by atoms with van der Waals surface area (Å²) in [7, 11) is 1.97. The molecule has 18 heavy (non-hydrogen) atoms. The van der Waals surface area contributed by atoms with Crippen molar-refractivity contribution in [2.75, 3.05) is 31.6 Å². The molecule has 1 unspecified atom stereocenters. The van der Waals surface area contributed by atoms with Gasteiger partial charge in [-0.3, -0.25) is 4.79 Å². The maximum absolute atomic E-state index is 12.2. The molecule has 0 amide bonds. The van der Waals surface area contributed by atoms with E-state index in [2.05, 4.69) is 22.1 Å². The van der Waals surface area contributed by atoms with E-state index in [4.69, 9.17) is 0 Å². The third-order valence-electron chi connectivity index (χ3n) is 3.70. The van der Waals surface area contributed by atoms with Crippen molar-refractivity contribution >= 4 is 5.82 Å². The van der Waals surface area contributed by atoms with Crippen LogP contribution in [0.4, 0.5) is 5.82 Å². The van der Waals surface area contributed by atoms with Crippen LogP contribution in [0.2, 0.25) is 0 Å². The summed E-state index contributed by atoms with van der Waals surface area (Å²) in [5.74, 6) is 0.596. The summed E-state index contributed by atoms with van der Waals surface area (Å²) < 4.78 is 1.70. The van der Waals surface area contributed by atoms with Crippen LogP contribution in [0, 0.1) is 5.41 Å². The van der Waals surface area contributed by atoms with Crippen molar-refractivity contribution < 1.29 is 0 Å². The molecular formula is C13H22N4O. The van der Waals surface area contributed by atoms with E-state index in [1.54, 1.807) is 17.0 Å². The molecule has 1 atom stereocenters. The third kappa shape index (κ3) is 2.41. The second-order valence-electron chi connectivity index (χ2n) is 5.35. The summed E-state index contributed by atoms with van der Waals surface area (Å²) in [6.07, 6.45) is 4.55. The molecule has 0 bridgehead atoms. The van der Waals surface area contributed by atoms with E-state index < -0.39 is 0 Å². The first-order valence-electron chi connectivity index (χ1n) is 6.54. The van der Waals surface area contributed by atoms with Crippen molar-refractivity contribution in [3.63, 3.8) is 0 Å². The maximum Gasteiger partial charge on any atom is 0.293 e. The van der Waals surface area contributed by atoms with E-state index >= 15 is 0 Å². The molecule has 0 radical (unpaired) electrons. The number of aromatic nitrogens is 2. The van der Waals surface area contributed by atoms with Crippen LogP contribution >= 0.6 is 0 Å². The average molecular weight is 250 g/mol. The standard InChI is InChI=1S/C13H22N4O/c1-4-16-8-6-15-11(12(16)18)17-7-5-13(2,10-17)9-14-3/h6,8,14H,4-5,7,9-10H2,1-3H3. The predicted molar refractivity (Wildman–Crippen MR) is 73.0 cm³/mol. The van der Waals surface area contributed by atoms with Crippen molar-refractivity contribution in [3.8, 4) is 0 Å². The first kappa shape index (κ1) is 13.1. The van der Waals surface area contributed by atoms with Gasteiger partial charge in [-0.05, 0) is 25.8 Å². The second-order valence-corrected chi connectivity index (χ2v) is 5.35. The van der Waals surface area contributed by atoms with Gasteiger partial charge in [0.2, 0.25) is 0 Å². The molecule has 5 nitrogen and oxygen atoms in total. The molecule has 2 heterocycles. The van der Waals surface area contributed by atoms with Crippen LogP contribution in [0.3, 0.4) is 0 Å². The van der Waals surface area contributed by atoms with Crippen LogP contribution in [0.25, 0.3) is 0 Å². The van der Waals surface area contributed by atoms with Gasteiger partial charge in [0.1, 0.15) is 0 Å². The van der Waals surface area contributed by atoms with E-state index in [0.717, 1.165) is 26.1 Å². The molecule has 1 fully saturated rings. The number of hydrogen-bond donors (Lipinski definition) is 1. The zero-order valence-electron chi connectivity index (χ0n) is 11.4. The minimum atomic E-state index is 0.0220. The Morgan fingerprint density at radius 2 is 2.33 bits per heavy atom. The molecule has 0 aliphatic carbocycles. The van der Waals surface area contributed by atoms with Gasteiger partial charge in [-0.25, -0.2) is 4.98 Å². The molecule has 0 saturated carbocycles. The lowest BCUT2D eigenvalue weighted by molar-refractivity contribution is 0.355. The van der Waals surface area contributed by atoms with Crippen LogP contribution in [0.15, 0.2) is 17.2 Å². The number of anilines is 1. The minimum absolute atomic E-state index is 0.0220. The van der Waals surface area contributed by atoms with Gasteiger partial charge in [-0.15, -0.1) is 0 Å². The van der Waals surface area contributed by atoms with E-state index in [1.807, 2.05) is 14.0 Å². The fourth-order valence-corrected chi connectivity index (χ4v) is 2.68. The number of nitrogens with one attached hydrogen (secondary N) is 1. The summed E-state index contributed by atoms with van der Waals surface area (Å²) in [5, 5.41) is 3.23. The topological polar surface area (TPSA) is 50.2 Å². The zero-order valence-corrected chi connectivity index (χ0v) is 11.4. The van der Waals surface area contributed by atoms with Gasteiger partial charge in [-0.1, -0.05) is 6.92 Å². The first-order chi connectivity index (χ1) is 8.59. The Labute approximate surface area is 108 Å². The Morgan fingerprint density at radius 1 is 1.56 bits per heavy atom. The molecule has 1 aliphatic rings. The lowest BCUT2D eigenvalue weighted by Crippen LogP contribution is -2.36. The van der Waals surface area contributed by atoms with Gasteiger partial charge >= 0.3 is 0 Å². The molecule has 2 rings (SSSR count). The fraction of sp³-hybridized carbons (Fsp3) is 0.692. The minimum Gasteiger partial charge on any atom is -0.351 e. The van der Waals surface area contributed by atoms with Gasteiger partial charge < -0.3 is 14.8 Å². The fourth-order valence-electron chi connectivity index (χ4n) is 2.68. The van der Waals surface area contributed by atoms with Crippen LogP contribution < -0.4 is 15.8 Å². The van der Waals surface area contributed by atoms with E-state index in [9.17, 15) is 4.79 Å². The number of hydrogen-bond acceptors (Lipinski definition) is 4. The number of nitrogens with zero attached hydrogens (tertiary/aromatic N) is 3. The molecular weight excluding hydrogens is 228 g/mol. The van der Waals surface area contributed by atoms with E-state index in [1.165, 1.54) is 0 Å². The second kappa shape index (κ2) is 5.10. The van der Waals surface area contributed by atoms with E-state index in [-0.39, 0.29) is 11.0 Å². The third-order valence-corrected chi connectivity index (χ3v) is 3.70. The quantitative estimate of drug-likeness (QED) is 0.854. The molecule has 0 spiro atoms. The monoisotopic (exact) mass is 250 g/mol. The van der Waals surface area contributed by atoms with Crippen molar-refractivity contribution in [1.82, 2.24) is 14.9 Å². The molecule has 5 heteroatoms. The highest BCUT2D eigenvalue weighted by Gasteiger charge is 2.34. The van der Waals surface area contributed by atoms with Crippen LogP contribution in [-0.2, 0) is 6.54 Å². The average Bonchev–Trinajstić information content (AvgIpc) is 2.72. The van der Waals surface area contributed by atoms with Crippen LogP contribution in [0.5, 0.6) is 0 Å². The highest BCUT2D eigenvalue weighted by atomic mass is 16.1. The van der Waals surface area contributed by atoms with Crippen molar-refractivity contribution in [2.24, 2.45) is 5.41 Å². The Balaban J connectivity index is 2.22. The summed E-state index contributed by atoms with van der Waals surface area (Å²) in [6, 6.07) is 0. The van der Waals surface area contributed by atoms with Gasteiger partial charge in [0.15, 0.2) is 5.82 Å². The van der Waals surface area contributed by atoms with Crippen molar-refractivity contribution in [2.45, 2.75) is 26.8 Å². The highest BCUT2D eigenvalue weighted by Crippen LogP contribution is 2.30. The van der Waals surface area contributed by atoms with Crippen molar-refractivity contribution in [1.29, 1.82) is 0 Å². The first-order valence-corrected chi connectivity index (χ1v) is 6.54. The van der Waals surface area contributed by atoms with E-state index in [0.29, 0.717) is 12.4 Å². The molecule has 1 N–H and O–H groups in total. The Kier molecular flexibility index (Phi) is 3.71. The number of aryl methyl sites for hydroxylation is 1. The Bertz CT molecular complexity index is 470. The van der Waals surface area contributed by atoms with Gasteiger partial charge in [0.25, 0.3) is 5.56 Å². The highest BCUT2D eigenvalue weighted by molar-refractivity contribution is 5.38. The maximum atomic E-state index is 12.2. The largest absolute Gasteiger partial charge is 0.351 e. The lowest BCUT2D eigenvalue weighted by atomic mass is 9.90. The van der Waals surface area contributed by atoms with Crippen LogP contribution in [-0.4, -0.2) is 36.2 Å². The van der Waals surface area contributed by atoms with Crippen LogP contribution in [0.1, 0.15) is 20.3 Å². The van der Waals surface area contributed by atoms with Crippen molar-refractivity contribution in [3.05, 3.63) is 22.7 Å². The molecule has 1 aliphatic heterocycles. The molecule has 1 saturated heterocycles. The molecule has 0 aromatic carbocycles. The van der Waals surface area contributed by atoms with Gasteiger partial charge in [0.05, 0.1) is 0 Å². The predicted octanol–water partition coefficient (Wildman–Crippen LogP) is 0.699. The summed E-state index contributed by atoms with van der Waals surface area (Å²) >= 11 is 0. The molecule has 1 aromatic heterocycles. The summed E-state index contributed by atoms with van der Waals surface area (Å²) in [6.45, 7) is 7.69. The Morgan fingerprint density at radius 3 is 3.00 bits per heavy atom. The van der Waals surface area contributed by atoms with Gasteiger partial charge in [-0.2, -0.15) is 0 Å². The Hall–Kier alpha value is -1.36. The number of rotatable bonds is 4.